The fourth-order valence-corrected chi connectivity index (χ4v) is 0.381. The van der Waals surface area contributed by atoms with Gasteiger partial charge in [0.05, 0.1) is 19.8 Å². The Morgan fingerprint density at radius 1 is 1.60 bits per heavy atom. The van der Waals surface area contributed by atoms with Gasteiger partial charge in [-0.05, 0) is 0 Å². The summed E-state index contributed by atoms with van der Waals surface area (Å²) in [6.45, 7) is 5.01. The first kappa shape index (κ1) is 9.91. The van der Waals surface area contributed by atoms with Crippen molar-refractivity contribution in [2.24, 2.45) is 0 Å². The van der Waals surface area contributed by atoms with Gasteiger partial charge in [-0.2, -0.15) is 5.48 Å². The average Bonchev–Trinajstić information content (AvgIpc) is 1.87. The molecule has 60 valence electrons. The highest BCUT2D eigenvalue weighted by Crippen LogP contribution is 1.91. The molecule has 0 saturated heterocycles. The van der Waals surface area contributed by atoms with Crippen molar-refractivity contribution in [3.05, 3.63) is 11.6 Å². The van der Waals surface area contributed by atoms with Crippen LogP contribution in [0.1, 0.15) is 0 Å². The summed E-state index contributed by atoms with van der Waals surface area (Å²) in [6.07, 6.45) is 0. The van der Waals surface area contributed by atoms with Gasteiger partial charge < -0.3 is 4.74 Å². The van der Waals surface area contributed by atoms with E-state index in [9.17, 15) is 0 Å². The highest BCUT2D eigenvalue weighted by atomic mass is 35.5. The molecule has 0 aliphatic carbocycles. The monoisotopic (exact) mass is 165 g/mol. The van der Waals surface area contributed by atoms with Crippen molar-refractivity contribution < 1.29 is 9.57 Å². The van der Waals surface area contributed by atoms with E-state index in [-0.39, 0.29) is 0 Å². The van der Waals surface area contributed by atoms with Gasteiger partial charge in [0.2, 0.25) is 0 Å². The van der Waals surface area contributed by atoms with E-state index < -0.39 is 0 Å². The Labute approximate surface area is 65.9 Å². The third-order valence-corrected chi connectivity index (χ3v) is 0.889. The molecule has 0 unspecified atom stereocenters. The maximum atomic E-state index is 5.42. The van der Waals surface area contributed by atoms with Gasteiger partial charge in [0, 0.05) is 12.1 Å². The van der Waals surface area contributed by atoms with E-state index >= 15 is 0 Å². The molecule has 0 fully saturated rings. The van der Waals surface area contributed by atoms with Crippen molar-refractivity contribution >= 4 is 11.6 Å². The molecule has 0 spiro atoms. The topological polar surface area (TPSA) is 30.5 Å². The Kier molecular flexibility index (Phi) is 6.96. The minimum Gasteiger partial charge on any atom is -0.382 e. The fraction of sp³-hybridized carbons (Fsp3) is 0.667. The summed E-state index contributed by atoms with van der Waals surface area (Å²) < 4.78 is 4.73. The zero-order valence-corrected chi connectivity index (χ0v) is 6.78. The zero-order valence-electron chi connectivity index (χ0n) is 6.02. The zero-order chi connectivity index (χ0) is 7.82. The standard InChI is InChI=1S/C6H12ClNO2/c1-6(7)5-8-10-4-3-9-2/h8H,1,3-5H2,2H3. The molecule has 0 aliphatic rings. The lowest BCUT2D eigenvalue weighted by atomic mass is 10.6. The van der Waals surface area contributed by atoms with Crippen LogP contribution >= 0.6 is 11.6 Å². The summed E-state index contributed by atoms with van der Waals surface area (Å²) in [5.74, 6) is 0. The van der Waals surface area contributed by atoms with Gasteiger partial charge in [-0.15, -0.1) is 0 Å². The molecule has 0 rings (SSSR count). The van der Waals surface area contributed by atoms with E-state index in [4.69, 9.17) is 21.2 Å². The van der Waals surface area contributed by atoms with E-state index in [0.717, 1.165) is 0 Å². The second-order valence-corrected chi connectivity index (χ2v) is 2.21. The van der Waals surface area contributed by atoms with Crippen LogP contribution in [0.4, 0.5) is 0 Å². The van der Waals surface area contributed by atoms with E-state index in [1.807, 2.05) is 0 Å². The van der Waals surface area contributed by atoms with E-state index in [0.29, 0.717) is 24.8 Å². The Balaban J connectivity index is 2.84. The number of methoxy groups -OCH3 is 1. The molecule has 0 bridgehead atoms. The van der Waals surface area contributed by atoms with Crippen molar-refractivity contribution in [2.75, 3.05) is 26.9 Å². The molecular weight excluding hydrogens is 154 g/mol. The Bertz CT molecular complexity index is 97.7. The van der Waals surface area contributed by atoms with Crippen LogP contribution in [0.2, 0.25) is 0 Å². The molecule has 0 saturated carbocycles. The van der Waals surface area contributed by atoms with Crippen LogP contribution in [0.3, 0.4) is 0 Å². The molecular formula is C6H12ClNO2. The summed E-state index contributed by atoms with van der Waals surface area (Å²) in [7, 11) is 1.61. The summed E-state index contributed by atoms with van der Waals surface area (Å²) in [4.78, 5) is 4.86. The van der Waals surface area contributed by atoms with Crippen molar-refractivity contribution in [3.8, 4) is 0 Å². The van der Waals surface area contributed by atoms with Crippen molar-refractivity contribution in [3.63, 3.8) is 0 Å². The van der Waals surface area contributed by atoms with Gasteiger partial charge in [-0.25, -0.2) is 0 Å². The second-order valence-electron chi connectivity index (χ2n) is 1.68. The number of hydrogen-bond acceptors (Lipinski definition) is 3. The molecule has 0 atom stereocenters. The van der Waals surface area contributed by atoms with Crippen LogP contribution in [0, 0.1) is 0 Å². The highest BCUT2D eigenvalue weighted by Gasteiger charge is 1.87. The van der Waals surface area contributed by atoms with Gasteiger partial charge in [0.25, 0.3) is 0 Å². The van der Waals surface area contributed by atoms with Crippen molar-refractivity contribution in [2.45, 2.75) is 0 Å². The third-order valence-electron chi connectivity index (χ3n) is 0.756. The first-order valence-electron chi connectivity index (χ1n) is 2.94. The Hall–Kier alpha value is -0.0900. The molecule has 4 heteroatoms. The molecule has 3 nitrogen and oxygen atoms in total. The summed E-state index contributed by atoms with van der Waals surface area (Å²) in [5, 5.41) is 0.525. The van der Waals surface area contributed by atoms with Crippen LogP contribution in [0.15, 0.2) is 11.6 Å². The van der Waals surface area contributed by atoms with Gasteiger partial charge >= 0.3 is 0 Å². The molecule has 0 aromatic carbocycles. The number of halogens is 1. The molecule has 0 heterocycles. The minimum atomic E-state index is 0.464. The first-order chi connectivity index (χ1) is 4.77. The van der Waals surface area contributed by atoms with Crippen LogP contribution in [-0.4, -0.2) is 26.9 Å². The van der Waals surface area contributed by atoms with E-state index in [2.05, 4.69) is 12.1 Å². The van der Waals surface area contributed by atoms with Gasteiger partial charge in [-0.3, -0.25) is 4.84 Å². The maximum absolute atomic E-state index is 5.42. The van der Waals surface area contributed by atoms with Crippen molar-refractivity contribution in [1.29, 1.82) is 0 Å². The van der Waals surface area contributed by atoms with Crippen LogP contribution < -0.4 is 5.48 Å². The minimum absolute atomic E-state index is 0.464. The Morgan fingerprint density at radius 2 is 2.30 bits per heavy atom. The molecule has 1 N–H and O–H groups in total. The number of nitrogens with one attached hydrogen (secondary N) is 1. The lowest BCUT2D eigenvalue weighted by Gasteiger charge is -2.02. The Morgan fingerprint density at radius 3 is 2.80 bits per heavy atom. The molecule has 0 aliphatic heterocycles. The SMILES string of the molecule is C=C(Cl)CNOCCOC. The number of hydrogen-bond donors (Lipinski definition) is 1. The number of hydroxylamine groups is 1. The predicted molar refractivity (Wildman–Crippen MR) is 40.8 cm³/mol. The first-order valence-corrected chi connectivity index (χ1v) is 3.32. The molecule has 0 amide bonds. The van der Waals surface area contributed by atoms with Crippen LogP contribution in [0.5, 0.6) is 0 Å². The molecule has 0 aromatic heterocycles. The number of ether oxygens (including phenoxy) is 1. The smallest absolute Gasteiger partial charge is 0.0916 e. The average molecular weight is 166 g/mol. The highest BCUT2D eigenvalue weighted by molar-refractivity contribution is 6.29. The lowest BCUT2D eigenvalue weighted by Crippen LogP contribution is -2.18. The van der Waals surface area contributed by atoms with Crippen molar-refractivity contribution in [1.82, 2.24) is 5.48 Å². The maximum Gasteiger partial charge on any atom is 0.0916 e. The quantitative estimate of drug-likeness (QED) is 0.469. The van der Waals surface area contributed by atoms with Crippen LogP contribution in [-0.2, 0) is 9.57 Å². The normalized spacial score (nSPS) is 9.80. The second kappa shape index (κ2) is 7.02. The fourth-order valence-electron chi connectivity index (χ4n) is 0.327. The van der Waals surface area contributed by atoms with Crippen LogP contribution in [0.25, 0.3) is 0 Å². The van der Waals surface area contributed by atoms with Gasteiger partial charge in [0.15, 0.2) is 0 Å². The summed E-state index contributed by atoms with van der Waals surface area (Å²) in [6, 6.07) is 0. The lowest BCUT2D eigenvalue weighted by molar-refractivity contribution is 0.0119. The summed E-state index contributed by atoms with van der Waals surface area (Å²) in [5.41, 5.74) is 2.61. The predicted octanol–water partition coefficient (Wildman–Crippen LogP) is 0.907. The molecule has 0 radical (unpaired) electrons. The third kappa shape index (κ3) is 7.91. The number of rotatable bonds is 6. The van der Waals surface area contributed by atoms with E-state index in [1.165, 1.54) is 0 Å². The molecule has 0 aromatic rings. The largest absolute Gasteiger partial charge is 0.382 e. The van der Waals surface area contributed by atoms with Gasteiger partial charge in [-0.1, -0.05) is 18.2 Å². The van der Waals surface area contributed by atoms with E-state index in [1.54, 1.807) is 7.11 Å². The summed E-state index contributed by atoms with van der Waals surface area (Å²) >= 11 is 5.42. The molecule has 10 heavy (non-hydrogen) atoms. The van der Waals surface area contributed by atoms with Gasteiger partial charge in [0.1, 0.15) is 0 Å².